The van der Waals surface area contributed by atoms with Crippen LogP contribution in [0.3, 0.4) is 0 Å². The highest BCUT2D eigenvalue weighted by atomic mass is 127. The van der Waals surface area contributed by atoms with Gasteiger partial charge in [0.15, 0.2) is 0 Å². The van der Waals surface area contributed by atoms with E-state index < -0.39 is 0 Å². The Labute approximate surface area is 124 Å². The second-order valence-electron chi connectivity index (χ2n) is 4.17. The Bertz CT molecular complexity index is 643. The van der Waals surface area contributed by atoms with E-state index in [1.807, 2.05) is 35.6 Å². The molecule has 0 bridgehead atoms. The third-order valence-corrected chi connectivity index (χ3v) is 3.53. The molecule has 0 saturated carbocycles. The van der Waals surface area contributed by atoms with Crippen molar-refractivity contribution in [3.8, 4) is 0 Å². The first-order chi connectivity index (χ1) is 8.97. The molecule has 0 aliphatic rings. The van der Waals surface area contributed by atoms with E-state index in [1.165, 1.54) is 18.2 Å². The summed E-state index contributed by atoms with van der Waals surface area (Å²) in [7, 11) is 0. The summed E-state index contributed by atoms with van der Waals surface area (Å²) in [5.41, 5.74) is 8.28. The van der Waals surface area contributed by atoms with E-state index in [-0.39, 0.29) is 11.7 Å². The van der Waals surface area contributed by atoms with Gasteiger partial charge in [-0.25, -0.2) is 4.39 Å². The van der Waals surface area contributed by atoms with Gasteiger partial charge in [-0.2, -0.15) is 0 Å². The number of hydrogen-bond donors (Lipinski definition) is 2. The zero-order valence-electron chi connectivity index (χ0n) is 10.2. The van der Waals surface area contributed by atoms with Crippen LogP contribution >= 0.6 is 22.6 Å². The first-order valence-corrected chi connectivity index (χ1v) is 6.68. The number of nitrogens with two attached hydrogens (primary N) is 1. The lowest BCUT2D eigenvalue weighted by atomic mass is 10.1. The molecule has 3 nitrogen and oxygen atoms in total. The molecule has 0 saturated heterocycles. The van der Waals surface area contributed by atoms with Gasteiger partial charge in [-0.3, -0.25) is 4.79 Å². The van der Waals surface area contributed by atoms with Crippen molar-refractivity contribution in [2.75, 3.05) is 11.1 Å². The zero-order chi connectivity index (χ0) is 14.0. The van der Waals surface area contributed by atoms with E-state index in [9.17, 15) is 9.18 Å². The molecule has 0 unspecified atom stereocenters. The molecular weight excluding hydrogens is 358 g/mol. The number of nitrogens with one attached hydrogen (secondary N) is 1. The van der Waals surface area contributed by atoms with Crippen molar-refractivity contribution in [3.63, 3.8) is 0 Å². The average molecular weight is 370 g/mol. The minimum absolute atomic E-state index is 0.304. The molecule has 0 aliphatic heterocycles. The van der Waals surface area contributed by atoms with Crippen LogP contribution in [-0.2, 0) is 0 Å². The number of benzene rings is 2. The van der Waals surface area contributed by atoms with E-state index in [0.29, 0.717) is 20.5 Å². The lowest BCUT2D eigenvalue weighted by molar-refractivity contribution is 0.102. The van der Waals surface area contributed by atoms with Gasteiger partial charge in [-0.05, 0) is 65.4 Å². The SMILES string of the molecule is Cc1ccc(N)c(NC(=O)c2ccc(F)cc2I)c1. The molecule has 98 valence electrons. The monoisotopic (exact) mass is 370 g/mol. The van der Waals surface area contributed by atoms with Crippen LogP contribution in [0.4, 0.5) is 15.8 Å². The Morgan fingerprint density at radius 2 is 2.00 bits per heavy atom. The predicted octanol–water partition coefficient (Wildman–Crippen LogP) is 3.57. The van der Waals surface area contributed by atoms with Gasteiger partial charge in [-0.1, -0.05) is 6.07 Å². The van der Waals surface area contributed by atoms with E-state index >= 15 is 0 Å². The van der Waals surface area contributed by atoms with Crippen molar-refractivity contribution in [1.29, 1.82) is 0 Å². The number of anilines is 2. The minimum atomic E-state index is -0.365. The third kappa shape index (κ3) is 3.23. The molecule has 0 aliphatic carbocycles. The Morgan fingerprint density at radius 3 is 2.68 bits per heavy atom. The molecule has 0 aromatic heterocycles. The molecule has 0 atom stereocenters. The lowest BCUT2D eigenvalue weighted by Crippen LogP contribution is -2.14. The topological polar surface area (TPSA) is 55.1 Å². The quantitative estimate of drug-likeness (QED) is 0.627. The Hall–Kier alpha value is -1.63. The highest BCUT2D eigenvalue weighted by molar-refractivity contribution is 14.1. The first-order valence-electron chi connectivity index (χ1n) is 5.60. The molecule has 0 heterocycles. The number of rotatable bonds is 2. The van der Waals surface area contributed by atoms with Crippen molar-refractivity contribution in [2.24, 2.45) is 0 Å². The Kier molecular flexibility index (Phi) is 4.04. The van der Waals surface area contributed by atoms with Gasteiger partial charge >= 0.3 is 0 Å². The van der Waals surface area contributed by atoms with Crippen molar-refractivity contribution >= 4 is 39.9 Å². The fourth-order valence-corrected chi connectivity index (χ4v) is 2.36. The van der Waals surface area contributed by atoms with Gasteiger partial charge in [0, 0.05) is 3.57 Å². The van der Waals surface area contributed by atoms with Crippen LogP contribution in [0.5, 0.6) is 0 Å². The van der Waals surface area contributed by atoms with Crippen LogP contribution in [0.2, 0.25) is 0 Å². The van der Waals surface area contributed by atoms with Crippen molar-refractivity contribution < 1.29 is 9.18 Å². The lowest BCUT2D eigenvalue weighted by Gasteiger charge is -2.10. The van der Waals surface area contributed by atoms with Crippen LogP contribution in [0.25, 0.3) is 0 Å². The number of carbonyl (C=O) groups is 1. The summed E-state index contributed by atoms with van der Waals surface area (Å²) >= 11 is 1.93. The maximum atomic E-state index is 13.0. The van der Waals surface area contributed by atoms with Crippen LogP contribution in [0.15, 0.2) is 36.4 Å². The number of nitrogen functional groups attached to an aromatic ring is 1. The summed E-state index contributed by atoms with van der Waals surface area (Å²) in [6.45, 7) is 1.91. The van der Waals surface area contributed by atoms with Gasteiger partial charge in [0.1, 0.15) is 5.82 Å². The largest absolute Gasteiger partial charge is 0.397 e. The number of amides is 1. The van der Waals surface area contributed by atoms with Gasteiger partial charge in [0.25, 0.3) is 5.91 Å². The summed E-state index contributed by atoms with van der Waals surface area (Å²) in [5, 5.41) is 2.74. The normalized spacial score (nSPS) is 10.3. The Morgan fingerprint density at radius 1 is 1.26 bits per heavy atom. The summed E-state index contributed by atoms with van der Waals surface area (Å²) in [6, 6.07) is 9.43. The summed E-state index contributed by atoms with van der Waals surface area (Å²) in [6.07, 6.45) is 0. The molecule has 2 aromatic rings. The average Bonchev–Trinajstić information content (AvgIpc) is 2.33. The smallest absolute Gasteiger partial charge is 0.256 e. The zero-order valence-corrected chi connectivity index (χ0v) is 12.4. The number of hydrogen-bond acceptors (Lipinski definition) is 2. The van der Waals surface area contributed by atoms with E-state index in [1.54, 1.807) is 12.1 Å². The van der Waals surface area contributed by atoms with Crippen molar-refractivity contribution in [1.82, 2.24) is 0 Å². The molecule has 5 heteroatoms. The van der Waals surface area contributed by atoms with Gasteiger partial charge in [-0.15, -0.1) is 0 Å². The standard InChI is InChI=1S/C14H12FIN2O/c1-8-2-5-12(17)13(6-8)18-14(19)10-4-3-9(15)7-11(10)16/h2-7H,17H2,1H3,(H,18,19). The molecule has 2 aromatic carbocycles. The van der Waals surface area contributed by atoms with Gasteiger partial charge in [0.2, 0.25) is 0 Å². The number of halogens is 2. The number of carbonyl (C=O) groups excluding carboxylic acids is 1. The molecule has 2 rings (SSSR count). The second-order valence-corrected chi connectivity index (χ2v) is 5.33. The summed E-state index contributed by atoms with van der Waals surface area (Å²) in [4.78, 5) is 12.1. The van der Waals surface area contributed by atoms with Crippen LogP contribution in [-0.4, -0.2) is 5.91 Å². The second kappa shape index (κ2) is 5.56. The van der Waals surface area contributed by atoms with E-state index in [2.05, 4.69) is 5.32 Å². The van der Waals surface area contributed by atoms with Crippen LogP contribution in [0, 0.1) is 16.3 Å². The Balaban J connectivity index is 2.28. The summed E-state index contributed by atoms with van der Waals surface area (Å²) in [5.74, 6) is -0.669. The van der Waals surface area contributed by atoms with Crippen LogP contribution in [0.1, 0.15) is 15.9 Å². The molecule has 1 amide bonds. The molecule has 0 fully saturated rings. The number of aryl methyl sites for hydroxylation is 1. The fraction of sp³-hybridized carbons (Fsp3) is 0.0714. The predicted molar refractivity (Wildman–Crippen MR) is 82.7 cm³/mol. The molecule has 0 radical (unpaired) electrons. The minimum Gasteiger partial charge on any atom is -0.397 e. The van der Waals surface area contributed by atoms with Crippen molar-refractivity contribution in [2.45, 2.75) is 6.92 Å². The molecular formula is C14H12FIN2O. The van der Waals surface area contributed by atoms with Gasteiger partial charge in [0.05, 0.1) is 16.9 Å². The molecule has 0 spiro atoms. The highest BCUT2D eigenvalue weighted by Gasteiger charge is 2.12. The third-order valence-electron chi connectivity index (χ3n) is 2.63. The van der Waals surface area contributed by atoms with E-state index in [0.717, 1.165) is 5.56 Å². The van der Waals surface area contributed by atoms with Crippen LogP contribution < -0.4 is 11.1 Å². The highest BCUT2D eigenvalue weighted by Crippen LogP contribution is 2.22. The maximum absolute atomic E-state index is 13.0. The van der Waals surface area contributed by atoms with Gasteiger partial charge < -0.3 is 11.1 Å². The molecule has 19 heavy (non-hydrogen) atoms. The molecule has 3 N–H and O–H groups in total. The maximum Gasteiger partial charge on any atom is 0.256 e. The first kappa shape index (κ1) is 13.8. The summed E-state index contributed by atoms with van der Waals surface area (Å²) < 4.78 is 13.6. The fourth-order valence-electron chi connectivity index (χ4n) is 1.64. The van der Waals surface area contributed by atoms with Crippen molar-refractivity contribution in [3.05, 3.63) is 56.9 Å². The van der Waals surface area contributed by atoms with E-state index in [4.69, 9.17) is 5.73 Å².